The molecule has 1 aliphatic rings. The van der Waals surface area contributed by atoms with Crippen LogP contribution in [-0.4, -0.2) is 0 Å². The van der Waals surface area contributed by atoms with Gasteiger partial charge in [0.2, 0.25) is 0 Å². The number of halogens is 3. The van der Waals surface area contributed by atoms with Crippen molar-refractivity contribution in [3.05, 3.63) is 34.9 Å². The first-order valence-corrected chi connectivity index (χ1v) is 7.01. The van der Waals surface area contributed by atoms with Gasteiger partial charge in [0.15, 0.2) is 0 Å². The van der Waals surface area contributed by atoms with Gasteiger partial charge >= 0.3 is 6.18 Å². The van der Waals surface area contributed by atoms with Crippen molar-refractivity contribution in [3.63, 3.8) is 0 Å². The lowest BCUT2D eigenvalue weighted by Gasteiger charge is -2.43. The molecule has 1 aromatic carbocycles. The van der Waals surface area contributed by atoms with Crippen LogP contribution < -0.4 is 5.73 Å². The van der Waals surface area contributed by atoms with Gasteiger partial charge in [-0.15, -0.1) is 0 Å². The zero-order valence-electron chi connectivity index (χ0n) is 12.3. The number of hydrogen-bond donors (Lipinski definition) is 1. The minimum atomic E-state index is -4.29. The summed E-state index contributed by atoms with van der Waals surface area (Å²) in [7, 11) is 0. The fourth-order valence-corrected chi connectivity index (χ4v) is 3.54. The molecule has 0 aromatic heterocycles. The monoisotopic (exact) mass is 285 g/mol. The zero-order chi connectivity index (χ0) is 15.2. The summed E-state index contributed by atoms with van der Waals surface area (Å²) >= 11 is 0. The van der Waals surface area contributed by atoms with E-state index in [1.54, 1.807) is 13.0 Å². The fourth-order valence-electron chi connectivity index (χ4n) is 3.54. The number of alkyl halides is 3. The van der Waals surface area contributed by atoms with Crippen LogP contribution in [0.3, 0.4) is 0 Å². The molecular formula is C16H22F3N. The highest BCUT2D eigenvalue weighted by Gasteiger charge is 2.39. The lowest BCUT2D eigenvalue weighted by molar-refractivity contribution is -0.137. The van der Waals surface area contributed by atoms with Crippen molar-refractivity contribution in [2.24, 2.45) is 11.1 Å². The van der Waals surface area contributed by atoms with Crippen molar-refractivity contribution < 1.29 is 13.2 Å². The maximum absolute atomic E-state index is 12.7. The molecule has 2 rings (SSSR count). The van der Waals surface area contributed by atoms with Gasteiger partial charge in [-0.1, -0.05) is 26.3 Å². The number of nitrogens with two attached hydrogens (primary N) is 1. The summed E-state index contributed by atoms with van der Waals surface area (Å²) in [6, 6.07) is 3.93. The highest BCUT2D eigenvalue weighted by molar-refractivity contribution is 5.37. The zero-order valence-corrected chi connectivity index (χ0v) is 12.3. The Morgan fingerprint density at radius 3 is 2.30 bits per heavy atom. The van der Waals surface area contributed by atoms with Gasteiger partial charge in [-0.3, -0.25) is 0 Å². The minimum absolute atomic E-state index is 0.141. The summed E-state index contributed by atoms with van der Waals surface area (Å²) in [6.45, 7) is 6.07. The van der Waals surface area contributed by atoms with Crippen LogP contribution in [-0.2, 0) is 11.7 Å². The highest BCUT2D eigenvalue weighted by Crippen LogP contribution is 2.46. The average Bonchev–Trinajstić information content (AvgIpc) is 2.25. The van der Waals surface area contributed by atoms with E-state index in [2.05, 4.69) is 13.8 Å². The van der Waals surface area contributed by atoms with Crippen LogP contribution in [0.1, 0.15) is 56.2 Å². The highest BCUT2D eigenvalue weighted by atomic mass is 19.4. The molecule has 0 aliphatic heterocycles. The molecule has 1 unspecified atom stereocenters. The van der Waals surface area contributed by atoms with Crippen molar-refractivity contribution in [2.45, 2.75) is 58.2 Å². The largest absolute Gasteiger partial charge is 0.416 e. The second-order valence-electron chi connectivity index (χ2n) is 6.88. The number of hydrogen-bond acceptors (Lipinski definition) is 1. The van der Waals surface area contributed by atoms with Crippen molar-refractivity contribution in [2.75, 3.05) is 0 Å². The summed E-state index contributed by atoms with van der Waals surface area (Å²) in [6.07, 6.45) is -0.513. The fraction of sp³-hybridized carbons (Fsp3) is 0.625. The Balaban J connectivity index is 2.38. The van der Waals surface area contributed by atoms with Crippen LogP contribution in [0.4, 0.5) is 13.2 Å². The van der Waals surface area contributed by atoms with Crippen molar-refractivity contribution in [1.29, 1.82) is 0 Å². The summed E-state index contributed by atoms with van der Waals surface area (Å²) in [5.41, 5.74) is 7.07. The Hall–Kier alpha value is -1.03. The molecule has 0 amide bonds. The quantitative estimate of drug-likeness (QED) is 0.790. The third-order valence-electron chi connectivity index (χ3n) is 4.36. The predicted octanol–water partition coefficient (Wildman–Crippen LogP) is 4.77. The summed E-state index contributed by atoms with van der Waals surface area (Å²) in [5, 5.41) is 0. The van der Waals surface area contributed by atoms with Crippen LogP contribution in [0.25, 0.3) is 0 Å². The molecular weight excluding hydrogens is 263 g/mol. The number of benzene rings is 1. The topological polar surface area (TPSA) is 26.0 Å². The number of aryl methyl sites for hydroxylation is 1. The van der Waals surface area contributed by atoms with E-state index in [-0.39, 0.29) is 5.41 Å². The molecule has 2 N–H and O–H groups in total. The molecule has 0 bridgehead atoms. The Kier molecular flexibility index (Phi) is 3.66. The van der Waals surface area contributed by atoms with E-state index >= 15 is 0 Å². The predicted molar refractivity (Wildman–Crippen MR) is 74.3 cm³/mol. The first-order chi connectivity index (χ1) is 9.04. The summed E-state index contributed by atoms with van der Waals surface area (Å²) in [4.78, 5) is 0. The van der Waals surface area contributed by atoms with E-state index in [4.69, 9.17) is 5.73 Å². The normalized spacial score (nSPS) is 26.6. The van der Waals surface area contributed by atoms with Crippen molar-refractivity contribution in [3.8, 4) is 0 Å². The van der Waals surface area contributed by atoms with Gasteiger partial charge in [0, 0.05) is 5.54 Å². The summed E-state index contributed by atoms with van der Waals surface area (Å²) in [5.74, 6) is 0. The Morgan fingerprint density at radius 2 is 1.80 bits per heavy atom. The van der Waals surface area contributed by atoms with Crippen LogP contribution in [0.15, 0.2) is 18.2 Å². The Labute approximate surface area is 118 Å². The van der Waals surface area contributed by atoms with E-state index in [1.807, 2.05) is 0 Å². The van der Waals surface area contributed by atoms with Gasteiger partial charge in [0.05, 0.1) is 5.56 Å². The number of rotatable bonds is 1. The first-order valence-electron chi connectivity index (χ1n) is 7.01. The molecule has 1 aliphatic carbocycles. The second kappa shape index (κ2) is 4.76. The molecule has 1 fully saturated rings. The molecule has 0 radical (unpaired) electrons. The van der Waals surface area contributed by atoms with E-state index in [0.29, 0.717) is 5.56 Å². The van der Waals surface area contributed by atoms with E-state index < -0.39 is 17.3 Å². The molecule has 1 saturated carbocycles. The van der Waals surface area contributed by atoms with Gasteiger partial charge in [-0.05, 0) is 54.9 Å². The molecule has 0 heterocycles. The minimum Gasteiger partial charge on any atom is -0.321 e. The Bertz CT molecular complexity index is 505. The molecule has 1 aromatic rings. The standard InChI is InChI=1S/C16H22F3N/c1-11-9-12(16(17,18)19)5-6-13(11)15(20)8-4-7-14(2,3)10-15/h5-6,9H,4,7-8,10,20H2,1-3H3. The van der Waals surface area contributed by atoms with E-state index in [0.717, 1.165) is 37.3 Å². The van der Waals surface area contributed by atoms with Crippen LogP contribution in [0, 0.1) is 12.3 Å². The van der Waals surface area contributed by atoms with Crippen molar-refractivity contribution >= 4 is 0 Å². The van der Waals surface area contributed by atoms with Gasteiger partial charge < -0.3 is 5.73 Å². The summed E-state index contributed by atoms with van der Waals surface area (Å²) < 4.78 is 38.2. The lowest BCUT2D eigenvalue weighted by Crippen LogP contribution is -2.44. The molecule has 112 valence electrons. The molecule has 1 atom stereocenters. The van der Waals surface area contributed by atoms with Crippen LogP contribution >= 0.6 is 0 Å². The molecule has 1 nitrogen and oxygen atoms in total. The molecule has 4 heteroatoms. The Morgan fingerprint density at radius 1 is 1.15 bits per heavy atom. The van der Waals surface area contributed by atoms with Crippen LogP contribution in [0.2, 0.25) is 0 Å². The maximum atomic E-state index is 12.7. The maximum Gasteiger partial charge on any atom is 0.416 e. The SMILES string of the molecule is Cc1cc(C(F)(F)F)ccc1C1(N)CCCC(C)(C)C1. The van der Waals surface area contributed by atoms with E-state index in [1.165, 1.54) is 6.07 Å². The smallest absolute Gasteiger partial charge is 0.321 e. The molecule has 20 heavy (non-hydrogen) atoms. The van der Waals surface area contributed by atoms with Crippen molar-refractivity contribution in [1.82, 2.24) is 0 Å². The average molecular weight is 285 g/mol. The van der Waals surface area contributed by atoms with Gasteiger partial charge in [-0.25, -0.2) is 0 Å². The van der Waals surface area contributed by atoms with Gasteiger partial charge in [-0.2, -0.15) is 13.2 Å². The van der Waals surface area contributed by atoms with Gasteiger partial charge in [0.1, 0.15) is 0 Å². The second-order valence-corrected chi connectivity index (χ2v) is 6.88. The molecule has 0 saturated heterocycles. The van der Waals surface area contributed by atoms with Crippen LogP contribution in [0.5, 0.6) is 0 Å². The first kappa shape index (κ1) is 15.4. The van der Waals surface area contributed by atoms with E-state index in [9.17, 15) is 13.2 Å². The third kappa shape index (κ3) is 3.00. The third-order valence-corrected chi connectivity index (χ3v) is 4.36. The molecule has 0 spiro atoms. The van der Waals surface area contributed by atoms with Gasteiger partial charge in [0.25, 0.3) is 0 Å². The lowest BCUT2D eigenvalue weighted by atomic mass is 9.65.